The van der Waals surface area contributed by atoms with Gasteiger partial charge in [-0.05, 0) is 25.1 Å². The zero-order valence-electron chi connectivity index (χ0n) is 10.1. The fourth-order valence-electron chi connectivity index (χ4n) is 1.81. The highest BCUT2D eigenvalue weighted by Crippen LogP contribution is 2.25. The minimum absolute atomic E-state index is 0.176. The van der Waals surface area contributed by atoms with E-state index in [-0.39, 0.29) is 12.3 Å². The zero-order valence-corrected chi connectivity index (χ0v) is 10.1. The Balaban J connectivity index is 2.61. The molecule has 5 nitrogen and oxygen atoms in total. The lowest BCUT2D eigenvalue weighted by Crippen LogP contribution is -2.07. The fourth-order valence-corrected chi connectivity index (χ4v) is 1.81. The number of aldehydes is 1. The molecule has 0 aliphatic heterocycles. The first-order valence-electron chi connectivity index (χ1n) is 5.53. The molecule has 0 atom stereocenters. The maximum absolute atomic E-state index is 11.7. The predicted molar refractivity (Wildman–Crippen MR) is 66.2 cm³/mol. The molecule has 0 amide bonds. The molecule has 1 aromatic heterocycles. The van der Waals surface area contributed by atoms with Crippen LogP contribution in [-0.2, 0) is 4.74 Å². The molecule has 0 unspecified atom stereocenters. The van der Waals surface area contributed by atoms with Gasteiger partial charge in [-0.1, -0.05) is 0 Å². The Morgan fingerprint density at radius 1 is 1.44 bits per heavy atom. The second-order valence-electron chi connectivity index (χ2n) is 3.66. The minimum atomic E-state index is -0.533. The molecule has 2 rings (SSSR count). The first-order chi connectivity index (χ1) is 8.71. The average Bonchev–Trinajstić information content (AvgIpc) is 2.76. The molecule has 1 N–H and O–H groups in total. The predicted octanol–water partition coefficient (Wildman–Crippen LogP) is 2.17. The third-order valence-corrected chi connectivity index (χ3v) is 2.64. The smallest absolute Gasteiger partial charge is 0.355 e. The van der Waals surface area contributed by atoms with E-state index in [4.69, 9.17) is 9.47 Å². The standard InChI is InChI=1S/C13H13NO4/c1-3-18-13(16)12-10(7-15)9-6-8(17-2)4-5-11(9)14-12/h4-7,14H,3H2,1-2H3. The molecule has 0 saturated heterocycles. The monoisotopic (exact) mass is 247 g/mol. The summed E-state index contributed by atoms with van der Waals surface area (Å²) in [4.78, 5) is 25.7. The maximum atomic E-state index is 11.7. The van der Waals surface area contributed by atoms with E-state index in [2.05, 4.69) is 4.98 Å². The van der Waals surface area contributed by atoms with E-state index in [1.165, 1.54) is 0 Å². The molecule has 0 aliphatic rings. The number of hydrogen-bond donors (Lipinski definition) is 1. The van der Waals surface area contributed by atoms with Gasteiger partial charge in [0.25, 0.3) is 0 Å². The normalized spacial score (nSPS) is 10.3. The molecule has 94 valence electrons. The van der Waals surface area contributed by atoms with Crippen LogP contribution in [0.5, 0.6) is 5.75 Å². The van der Waals surface area contributed by atoms with Crippen LogP contribution in [0.1, 0.15) is 27.8 Å². The number of esters is 1. The van der Waals surface area contributed by atoms with Crippen LogP contribution in [-0.4, -0.2) is 31.0 Å². The van der Waals surface area contributed by atoms with E-state index in [9.17, 15) is 9.59 Å². The quantitative estimate of drug-likeness (QED) is 0.664. The largest absolute Gasteiger partial charge is 0.497 e. The molecule has 5 heteroatoms. The van der Waals surface area contributed by atoms with E-state index in [1.807, 2.05) is 0 Å². The van der Waals surface area contributed by atoms with Gasteiger partial charge in [0.15, 0.2) is 6.29 Å². The molecule has 0 saturated carbocycles. The van der Waals surface area contributed by atoms with Gasteiger partial charge in [0.2, 0.25) is 0 Å². The number of carbonyl (C=O) groups is 2. The molecule has 18 heavy (non-hydrogen) atoms. The van der Waals surface area contributed by atoms with Crippen LogP contribution in [0.3, 0.4) is 0 Å². The number of ether oxygens (including phenoxy) is 2. The zero-order chi connectivity index (χ0) is 13.1. The molecule has 0 aliphatic carbocycles. The fraction of sp³-hybridized carbons (Fsp3) is 0.231. The van der Waals surface area contributed by atoms with Gasteiger partial charge in [-0.3, -0.25) is 4.79 Å². The van der Waals surface area contributed by atoms with Crippen molar-refractivity contribution in [3.63, 3.8) is 0 Å². The topological polar surface area (TPSA) is 68.4 Å². The maximum Gasteiger partial charge on any atom is 0.355 e. The van der Waals surface area contributed by atoms with E-state index < -0.39 is 5.97 Å². The highest BCUT2D eigenvalue weighted by atomic mass is 16.5. The Morgan fingerprint density at radius 3 is 2.83 bits per heavy atom. The van der Waals surface area contributed by atoms with Crippen molar-refractivity contribution in [2.45, 2.75) is 6.92 Å². The number of rotatable bonds is 4. The minimum Gasteiger partial charge on any atom is -0.497 e. The van der Waals surface area contributed by atoms with Gasteiger partial charge in [0, 0.05) is 10.9 Å². The molecule has 1 heterocycles. The van der Waals surface area contributed by atoms with Crippen molar-refractivity contribution in [2.75, 3.05) is 13.7 Å². The van der Waals surface area contributed by atoms with Crippen molar-refractivity contribution in [1.82, 2.24) is 4.98 Å². The number of fused-ring (bicyclic) bond motifs is 1. The van der Waals surface area contributed by atoms with Crippen molar-refractivity contribution in [3.8, 4) is 5.75 Å². The number of benzene rings is 1. The van der Waals surface area contributed by atoms with E-state index in [0.717, 1.165) is 0 Å². The van der Waals surface area contributed by atoms with Gasteiger partial charge in [-0.2, -0.15) is 0 Å². The molecule has 0 radical (unpaired) electrons. The summed E-state index contributed by atoms with van der Waals surface area (Å²) in [7, 11) is 1.54. The SMILES string of the molecule is CCOC(=O)c1[nH]c2ccc(OC)cc2c1C=O. The Labute approximate surface area is 104 Å². The Morgan fingerprint density at radius 2 is 2.22 bits per heavy atom. The van der Waals surface area contributed by atoms with Crippen LogP contribution in [0, 0.1) is 0 Å². The van der Waals surface area contributed by atoms with Gasteiger partial charge >= 0.3 is 5.97 Å². The van der Waals surface area contributed by atoms with Gasteiger partial charge in [-0.25, -0.2) is 4.79 Å². The number of carbonyl (C=O) groups excluding carboxylic acids is 2. The molecule has 2 aromatic rings. The number of aromatic amines is 1. The van der Waals surface area contributed by atoms with Crippen molar-refractivity contribution in [3.05, 3.63) is 29.5 Å². The highest BCUT2D eigenvalue weighted by Gasteiger charge is 2.18. The first kappa shape index (κ1) is 12.2. The number of methoxy groups -OCH3 is 1. The van der Waals surface area contributed by atoms with Crippen LogP contribution in [0.2, 0.25) is 0 Å². The number of aromatic nitrogens is 1. The van der Waals surface area contributed by atoms with Crippen LogP contribution >= 0.6 is 0 Å². The summed E-state index contributed by atoms with van der Waals surface area (Å²) in [6.45, 7) is 1.97. The molecular weight excluding hydrogens is 234 g/mol. The van der Waals surface area contributed by atoms with Crippen LogP contribution in [0.4, 0.5) is 0 Å². The van der Waals surface area contributed by atoms with Gasteiger partial charge < -0.3 is 14.5 Å². The molecular formula is C13H13NO4. The van der Waals surface area contributed by atoms with E-state index >= 15 is 0 Å². The van der Waals surface area contributed by atoms with Crippen molar-refractivity contribution < 1.29 is 19.1 Å². The van der Waals surface area contributed by atoms with Crippen LogP contribution < -0.4 is 4.74 Å². The molecule has 0 spiro atoms. The van der Waals surface area contributed by atoms with E-state index in [0.29, 0.717) is 28.5 Å². The number of hydrogen-bond acceptors (Lipinski definition) is 4. The highest BCUT2D eigenvalue weighted by molar-refractivity contribution is 6.08. The molecule has 0 fully saturated rings. The lowest BCUT2D eigenvalue weighted by molar-refractivity contribution is 0.0518. The Bertz CT molecular complexity index is 600. The van der Waals surface area contributed by atoms with Crippen LogP contribution in [0.25, 0.3) is 10.9 Å². The van der Waals surface area contributed by atoms with Gasteiger partial charge in [-0.15, -0.1) is 0 Å². The average molecular weight is 247 g/mol. The van der Waals surface area contributed by atoms with Gasteiger partial charge in [0.1, 0.15) is 11.4 Å². The van der Waals surface area contributed by atoms with Gasteiger partial charge in [0.05, 0.1) is 19.3 Å². The summed E-state index contributed by atoms with van der Waals surface area (Å²) >= 11 is 0. The van der Waals surface area contributed by atoms with Crippen LogP contribution in [0.15, 0.2) is 18.2 Å². The van der Waals surface area contributed by atoms with E-state index in [1.54, 1.807) is 32.2 Å². The summed E-state index contributed by atoms with van der Waals surface area (Å²) in [6, 6.07) is 5.21. The summed E-state index contributed by atoms with van der Waals surface area (Å²) in [5.41, 5.74) is 1.17. The second kappa shape index (κ2) is 4.91. The Hall–Kier alpha value is -2.30. The summed E-state index contributed by atoms with van der Waals surface area (Å²) in [5.74, 6) is 0.0924. The van der Waals surface area contributed by atoms with Crippen molar-refractivity contribution in [1.29, 1.82) is 0 Å². The second-order valence-corrected chi connectivity index (χ2v) is 3.66. The third-order valence-electron chi connectivity index (χ3n) is 2.64. The first-order valence-corrected chi connectivity index (χ1v) is 5.53. The lowest BCUT2D eigenvalue weighted by Gasteiger charge is -1.99. The molecule has 0 bridgehead atoms. The molecule has 1 aromatic carbocycles. The Kier molecular flexibility index (Phi) is 3.32. The summed E-state index contributed by atoms with van der Waals surface area (Å²) < 4.78 is 9.99. The summed E-state index contributed by atoms with van der Waals surface area (Å²) in [6.07, 6.45) is 0.643. The third kappa shape index (κ3) is 1.95. The lowest BCUT2D eigenvalue weighted by atomic mass is 10.1. The van der Waals surface area contributed by atoms with Crippen molar-refractivity contribution in [2.24, 2.45) is 0 Å². The number of H-pyrrole nitrogens is 1. The van der Waals surface area contributed by atoms with Crippen molar-refractivity contribution >= 4 is 23.2 Å². The summed E-state index contributed by atoms with van der Waals surface area (Å²) in [5, 5.41) is 0.646. The number of nitrogens with one attached hydrogen (secondary N) is 1.